The van der Waals surface area contributed by atoms with Crippen LogP contribution in [-0.2, 0) is 4.79 Å². The molecule has 1 aromatic rings. The van der Waals surface area contributed by atoms with Crippen LogP contribution in [0.3, 0.4) is 0 Å². The zero-order chi connectivity index (χ0) is 14.4. The van der Waals surface area contributed by atoms with E-state index in [-0.39, 0.29) is 24.5 Å². The minimum absolute atomic E-state index is 0.00736. The standard InChI is InChI=1S/C16H19NO2S/c1-12(17-16(19)15-8-10-20-11-15)14-6-4-13(5-7-14)3-2-9-18/h4-7,12,15,18H,8-11H2,1H3,(H,17,19). The van der Waals surface area contributed by atoms with Gasteiger partial charge in [0.2, 0.25) is 5.91 Å². The zero-order valence-electron chi connectivity index (χ0n) is 11.6. The van der Waals surface area contributed by atoms with Crippen LogP contribution >= 0.6 is 11.8 Å². The van der Waals surface area contributed by atoms with Gasteiger partial charge in [-0.1, -0.05) is 24.0 Å². The Hall–Kier alpha value is -1.44. The zero-order valence-corrected chi connectivity index (χ0v) is 12.4. The van der Waals surface area contributed by atoms with Crippen molar-refractivity contribution in [1.82, 2.24) is 5.32 Å². The third-order valence-corrected chi connectivity index (χ3v) is 4.54. The van der Waals surface area contributed by atoms with Crippen molar-refractivity contribution in [2.24, 2.45) is 5.92 Å². The first-order valence-corrected chi connectivity index (χ1v) is 7.94. The SMILES string of the molecule is CC(NC(=O)C1CCSC1)c1ccc(C#CCO)cc1. The second kappa shape index (κ2) is 7.37. The Morgan fingerprint density at radius 1 is 1.50 bits per heavy atom. The van der Waals surface area contributed by atoms with Crippen LogP contribution in [0.2, 0.25) is 0 Å². The highest BCUT2D eigenvalue weighted by Crippen LogP contribution is 2.24. The summed E-state index contributed by atoms with van der Waals surface area (Å²) in [5.74, 6) is 7.82. The summed E-state index contributed by atoms with van der Waals surface area (Å²) in [6, 6.07) is 7.76. The van der Waals surface area contributed by atoms with Crippen LogP contribution in [0.15, 0.2) is 24.3 Å². The van der Waals surface area contributed by atoms with Gasteiger partial charge in [-0.3, -0.25) is 4.79 Å². The number of carbonyl (C=O) groups is 1. The van der Waals surface area contributed by atoms with Gasteiger partial charge in [0.05, 0.1) is 6.04 Å². The first kappa shape index (κ1) is 15.0. The number of hydrogen-bond acceptors (Lipinski definition) is 3. The van der Waals surface area contributed by atoms with E-state index in [0.717, 1.165) is 29.1 Å². The van der Waals surface area contributed by atoms with Gasteiger partial charge in [-0.15, -0.1) is 0 Å². The Balaban J connectivity index is 1.94. The maximum Gasteiger partial charge on any atom is 0.224 e. The van der Waals surface area contributed by atoms with E-state index in [1.165, 1.54) is 0 Å². The summed E-state index contributed by atoms with van der Waals surface area (Å²) in [7, 11) is 0. The van der Waals surface area contributed by atoms with E-state index in [2.05, 4.69) is 17.2 Å². The quantitative estimate of drug-likeness (QED) is 0.836. The number of thioether (sulfide) groups is 1. The molecule has 4 heteroatoms. The van der Waals surface area contributed by atoms with Crippen molar-refractivity contribution in [3.05, 3.63) is 35.4 Å². The van der Waals surface area contributed by atoms with E-state index >= 15 is 0 Å². The molecule has 1 aliphatic heterocycles. The number of amides is 1. The topological polar surface area (TPSA) is 49.3 Å². The molecular weight excluding hydrogens is 270 g/mol. The van der Waals surface area contributed by atoms with Crippen molar-refractivity contribution in [2.75, 3.05) is 18.1 Å². The predicted octanol–water partition coefficient (Wildman–Crippen LogP) is 1.96. The van der Waals surface area contributed by atoms with Crippen LogP contribution in [0.5, 0.6) is 0 Å². The fraction of sp³-hybridized carbons (Fsp3) is 0.438. The van der Waals surface area contributed by atoms with Crippen molar-refractivity contribution in [3.63, 3.8) is 0 Å². The van der Waals surface area contributed by atoms with Crippen LogP contribution in [-0.4, -0.2) is 29.1 Å². The van der Waals surface area contributed by atoms with Gasteiger partial charge in [-0.25, -0.2) is 0 Å². The van der Waals surface area contributed by atoms with Crippen molar-refractivity contribution < 1.29 is 9.90 Å². The first-order valence-electron chi connectivity index (χ1n) is 6.78. The molecule has 2 rings (SSSR count). The molecule has 2 atom stereocenters. The fourth-order valence-corrected chi connectivity index (χ4v) is 3.37. The molecule has 1 saturated heterocycles. The predicted molar refractivity (Wildman–Crippen MR) is 82.4 cm³/mol. The summed E-state index contributed by atoms with van der Waals surface area (Å²) < 4.78 is 0. The second-order valence-corrected chi connectivity index (χ2v) is 6.02. The van der Waals surface area contributed by atoms with Crippen LogP contribution in [0.4, 0.5) is 0 Å². The van der Waals surface area contributed by atoms with Crippen molar-refractivity contribution in [1.29, 1.82) is 0 Å². The van der Waals surface area contributed by atoms with Crippen molar-refractivity contribution in [3.8, 4) is 11.8 Å². The maximum atomic E-state index is 12.1. The van der Waals surface area contributed by atoms with Crippen molar-refractivity contribution in [2.45, 2.75) is 19.4 Å². The van der Waals surface area contributed by atoms with Gasteiger partial charge in [0, 0.05) is 17.2 Å². The fourth-order valence-electron chi connectivity index (χ4n) is 2.15. The molecule has 0 aliphatic carbocycles. The number of rotatable bonds is 3. The molecule has 1 heterocycles. The number of benzene rings is 1. The molecule has 1 aliphatic rings. The van der Waals surface area contributed by atoms with Gasteiger partial charge in [0.1, 0.15) is 6.61 Å². The normalized spacial score (nSPS) is 19.0. The molecule has 1 fully saturated rings. The van der Waals surface area contributed by atoms with Gasteiger partial charge in [0.25, 0.3) is 0 Å². The first-order chi connectivity index (χ1) is 9.70. The molecule has 1 amide bonds. The summed E-state index contributed by atoms with van der Waals surface area (Å²) >= 11 is 1.85. The number of hydrogen-bond donors (Lipinski definition) is 2. The Labute approximate surface area is 124 Å². The summed E-state index contributed by atoms with van der Waals surface area (Å²) in [5.41, 5.74) is 1.94. The third kappa shape index (κ3) is 4.03. The molecule has 0 saturated carbocycles. The molecule has 0 spiro atoms. The van der Waals surface area contributed by atoms with Gasteiger partial charge in [-0.2, -0.15) is 11.8 Å². The lowest BCUT2D eigenvalue weighted by atomic mass is 10.0. The number of carbonyl (C=O) groups excluding carboxylic acids is 1. The Morgan fingerprint density at radius 3 is 2.85 bits per heavy atom. The largest absolute Gasteiger partial charge is 0.384 e. The Kier molecular flexibility index (Phi) is 5.51. The lowest BCUT2D eigenvalue weighted by molar-refractivity contribution is -0.124. The lowest BCUT2D eigenvalue weighted by Crippen LogP contribution is -2.32. The molecule has 1 aromatic carbocycles. The molecule has 106 valence electrons. The lowest BCUT2D eigenvalue weighted by Gasteiger charge is -2.17. The molecule has 3 nitrogen and oxygen atoms in total. The average Bonchev–Trinajstić information content (AvgIpc) is 3.00. The Morgan fingerprint density at radius 2 is 2.25 bits per heavy atom. The van der Waals surface area contributed by atoms with Crippen LogP contribution in [0.1, 0.15) is 30.5 Å². The number of nitrogens with one attached hydrogen (secondary N) is 1. The molecule has 2 N–H and O–H groups in total. The van der Waals surface area contributed by atoms with E-state index in [0.29, 0.717) is 0 Å². The highest BCUT2D eigenvalue weighted by molar-refractivity contribution is 7.99. The highest BCUT2D eigenvalue weighted by atomic mass is 32.2. The smallest absolute Gasteiger partial charge is 0.224 e. The molecule has 0 bridgehead atoms. The second-order valence-electron chi connectivity index (χ2n) is 4.87. The molecule has 0 radical (unpaired) electrons. The van der Waals surface area contributed by atoms with Gasteiger partial charge in [0.15, 0.2) is 0 Å². The van der Waals surface area contributed by atoms with Crippen LogP contribution in [0, 0.1) is 17.8 Å². The molecule has 0 aromatic heterocycles. The highest BCUT2D eigenvalue weighted by Gasteiger charge is 2.24. The minimum atomic E-state index is -0.131. The van der Waals surface area contributed by atoms with Gasteiger partial charge in [-0.05, 0) is 36.8 Å². The number of aliphatic hydroxyl groups is 1. The molecule has 2 unspecified atom stereocenters. The van der Waals surface area contributed by atoms with Crippen LogP contribution in [0.25, 0.3) is 0 Å². The molecular formula is C16H19NO2S. The summed E-state index contributed by atoms with van der Waals surface area (Å²) in [6.45, 7) is 1.86. The number of aliphatic hydroxyl groups excluding tert-OH is 1. The monoisotopic (exact) mass is 289 g/mol. The molecule has 20 heavy (non-hydrogen) atoms. The Bertz CT molecular complexity index is 510. The minimum Gasteiger partial charge on any atom is -0.384 e. The van der Waals surface area contributed by atoms with E-state index in [4.69, 9.17) is 5.11 Å². The van der Waals surface area contributed by atoms with Gasteiger partial charge >= 0.3 is 0 Å². The summed E-state index contributed by atoms with van der Waals surface area (Å²) in [6.07, 6.45) is 0.985. The van der Waals surface area contributed by atoms with Gasteiger partial charge < -0.3 is 10.4 Å². The van der Waals surface area contributed by atoms with E-state index in [1.54, 1.807) is 0 Å². The average molecular weight is 289 g/mol. The van der Waals surface area contributed by atoms with E-state index in [9.17, 15) is 4.79 Å². The van der Waals surface area contributed by atoms with E-state index < -0.39 is 0 Å². The summed E-state index contributed by atoms with van der Waals surface area (Å²) in [4.78, 5) is 12.1. The van der Waals surface area contributed by atoms with Crippen LogP contribution < -0.4 is 5.32 Å². The van der Waals surface area contributed by atoms with Crippen molar-refractivity contribution >= 4 is 17.7 Å². The third-order valence-electron chi connectivity index (χ3n) is 3.38. The van der Waals surface area contributed by atoms with E-state index in [1.807, 2.05) is 43.0 Å². The maximum absolute atomic E-state index is 12.1. The summed E-state index contributed by atoms with van der Waals surface area (Å²) in [5, 5.41) is 11.7.